The van der Waals surface area contributed by atoms with Crippen LogP contribution in [0.5, 0.6) is 0 Å². The molecule has 0 rings (SSSR count). The summed E-state index contributed by atoms with van der Waals surface area (Å²) in [6.07, 6.45) is 4.00. The topological polar surface area (TPSA) is 21.3 Å². The average molecular weight is 173 g/mol. The summed E-state index contributed by atoms with van der Waals surface area (Å²) in [5, 5.41) is 3.37. The Balaban J connectivity index is 3.02. The van der Waals surface area contributed by atoms with Crippen LogP contribution in [0.25, 0.3) is 0 Å². The normalized spacial score (nSPS) is 13.2. The van der Waals surface area contributed by atoms with Crippen molar-refractivity contribution in [3.63, 3.8) is 0 Å². The number of ether oxygens (including phenoxy) is 1. The Morgan fingerprint density at radius 1 is 1.25 bits per heavy atom. The molecule has 1 N–H and O–H groups in total. The van der Waals surface area contributed by atoms with E-state index in [-0.39, 0.29) is 0 Å². The van der Waals surface area contributed by atoms with Gasteiger partial charge in [-0.25, -0.2) is 0 Å². The lowest BCUT2D eigenvalue weighted by Crippen LogP contribution is -2.27. The minimum absolute atomic E-state index is 0.363. The van der Waals surface area contributed by atoms with Crippen molar-refractivity contribution in [1.82, 2.24) is 5.32 Å². The molecule has 0 aromatic carbocycles. The van der Waals surface area contributed by atoms with E-state index in [1.807, 2.05) is 0 Å². The summed E-state index contributed by atoms with van der Waals surface area (Å²) in [5.41, 5.74) is 0. The molecule has 0 saturated heterocycles. The highest BCUT2D eigenvalue weighted by Gasteiger charge is 1.98. The maximum atomic E-state index is 5.51. The Kier molecular flexibility index (Phi) is 8.95. The summed E-state index contributed by atoms with van der Waals surface area (Å²) < 4.78 is 5.51. The zero-order valence-corrected chi connectivity index (χ0v) is 8.73. The molecule has 1 unspecified atom stereocenters. The van der Waals surface area contributed by atoms with Gasteiger partial charge in [-0.15, -0.1) is 0 Å². The average Bonchev–Trinajstić information content (AvgIpc) is 2.09. The van der Waals surface area contributed by atoms with Crippen molar-refractivity contribution in [3.05, 3.63) is 0 Å². The molecule has 0 aromatic rings. The predicted molar refractivity (Wildman–Crippen MR) is 53.5 cm³/mol. The van der Waals surface area contributed by atoms with Gasteiger partial charge in [-0.3, -0.25) is 0 Å². The summed E-state index contributed by atoms with van der Waals surface area (Å²) in [6, 6.07) is 0. The van der Waals surface area contributed by atoms with Gasteiger partial charge in [0.05, 0.1) is 6.10 Å². The van der Waals surface area contributed by atoms with E-state index in [1.54, 1.807) is 0 Å². The third kappa shape index (κ3) is 8.02. The third-order valence-electron chi connectivity index (χ3n) is 1.75. The number of hydrogen-bond donors (Lipinski definition) is 1. The second-order valence-corrected chi connectivity index (χ2v) is 3.24. The van der Waals surface area contributed by atoms with E-state index < -0.39 is 0 Å². The van der Waals surface area contributed by atoms with E-state index in [2.05, 4.69) is 26.1 Å². The van der Waals surface area contributed by atoms with Gasteiger partial charge >= 0.3 is 0 Å². The van der Waals surface area contributed by atoms with Gasteiger partial charge in [0.2, 0.25) is 0 Å². The van der Waals surface area contributed by atoms with E-state index in [1.165, 1.54) is 12.8 Å². The first-order chi connectivity index (χ1) is 5.81. The fraction of sp³-hybridized carbons (Fsp3) is 1.00. The summed E-state index contributed by atoms with van der Waals surface area (Å²) in [4.78, 5) is 0. The highest BCUT2D eigenvalue weighted by molar-refractivity contribution is 4.54. The van der Waals surface area contributed by atoms with Gasteiger partial charge in [-0.1, -0.05) is 20.3 Å². The molecule has 0 amide bonds. The first-order valence-electron chi connectivity index (χ1n) is 5.13. The van der Waals surface area contributed by atoms with Gasteiger partial charge in [-0.2, -0.15) is 0 Å². The van der Waals surface area contributed by atoms with Gasteiger partial charge in [0, 0.05) is 13.2 Å². The van der Waals surface area contributed by atoms with Gasteiger partial charge in [0.15, 0.2) is 0 Å². The molecule has 0 aliphatic heterocycles. The largest absolute Gasteiger partial charge is 0.377 e. The van der Waals surface area contributed by atoms with Gasteiger partial charge in [0.25, 0.3) is 0 Å². The first kappa shape index (κ1) is 11.9. The lowest BCUT2D eigenvalue weighted by molar-refractivity contribution is 0.0665. The van der Waals surface area contributed by atoms with Crippen LogP contribution in [0.3, 0.4) is 0 Å². The molecule has 74 valence electrons. The van der Waals surface area contributed by atoms with Gasteiger partial charge in [0.1, 0.15) is 0 Å². The number of nitrogens with one attached hydrogen (secondary N) is 1. The summed E-state index contributed by atoms with van der Waals surface area (Å²) >= 11 is 0. The maximum Gasteiger partial charge on any atom is 0.0671 e. The van der Waals surface area contributed by atoms with Crippen molar-refractivity contribution >= 4 is 0 Å². The van der Waals surface area contributed by atoms with Crippen LogP contribution < -0.4 is 5.32 Å². The molecule has 0 heterocycles. The molecule has 0 spiro atoms. The second-order valence-electron chi connectivity index (χ2n) is 3.24. The molecular formula is C10H23NO. The van der Waals surface area contributed by atoms with E-state index in [0.717, 1.165) is 26.1 Å². The molecule has 0 radical (unpaired) electrons. The molecule has 1 atom stereocenters. The standard InChI is InChI=1S/C10H23NO/c1-4-6-7-11-9-10(3)12-8-5-2/h10-11H,4-9H2,1-3H3. The smallest absolute Gasteiger partial charge is 0.0671 e. The van der Waals surface area contributed by atoms with Crippen LogP contribution in [-0.2, 0) is 4.74 Å². The van der Waals surface area contributed by atoms with Crippen molar-refractivity contribution in [3.8, 4) is 0 Å². The van der Waals surface area contributed by atoms with Gasteiger partial charge < -0.3 is 10.1 Å². The molecule has 0 aromatic heterocycles. The van der Waals surface area contributed by atoms with Crippen molar-refractivity contribution in [2.75, 3.05) is 19.7 Å². The minimum Gasteiger partial charge on any atom is -0.377 e. The molecule has 2 heteroatoms. The van der Waals surface area contributed by atoms with Crippen LogP contribution in [0.2, 0.25) is 0 Å². The molecule has 12 heavy (non-hydrogen) atoms. The maximum absolute atomic E-state index is 5.51. The van der Waals surface area contributed by atoms with Crippen molar-refractivity contribution in [2.45, 2.75) is 46.1 Å². The molecule has 0 aliphatic carbocycles. The van der Waals surface area contributed by atoms with Crippen LogP contribution in [-0.4, -0.2) is 25.8 Å². The third-order valence-corrected chi connectivity index (χ3v) is 1.75. The Morgan fingerprint density at radius 2 is 2.00 bits per heavy atom. The van der Waals surface area contributed by atoms with Crippen LogP contribution in [0.1, 0.15) is 40.0 Å². The molecule has 2 nitrogen and oxygen atoms in total. The van der Waals surface area contributed by atoms with E-state index >= 15 is 0 Å². The highest BCUT2D eigenvalue weighted by Crippen LogP contribution is 1.90. The van der Waals surface area contributed by atoms with Crippen LogP contribution in [0, 0.1) is 0 Å². The zero-order chi connectivity index (χ0) is 9.23. The van der Waals surface area contributed by atoms with Crippen LogP contribution >= 0.6 is 0 Å². The molecule has 0 fully saturated rings. The number of rotatable bonds is 8. The van der Waals surface area contributed by atoms with Crippen molar-refractivity contribution in [1.29, 1.82) is 0 Å². The van der Waals surface area contributed by atoms with E-state index in [4.69, 9.17) is 4.74 Å². The van der Waals surface area contributed by atoms with Crippen molar-refractivity contribution in [2.24, 2.45) is 0 Å². The SMILES string of the molecule is CCCCNCC(C)OCCC. The highest BCUT2D eigenvalue weighted by atomic mass is 16.5. The van der Waals surface area contributed by atoms with E-state index in [0.29, 0.717) is 6.10 Å². The lowest BCUT2D eigenvalue weighted by atomic mass is 10.3. The summed E-state index contributed by atoms with van der Waals surface area (Å²) in [5.74, 6) is 0. The fourth-order valence-corrected chi connectivity index (χ4v) is 0.985. The number of unbranched alkanes of at least 4 members (excludes halogenated alkanes) is 1. The molecule has 0 aliphatic rings. The Morgan fingerprint density at radius 3 is 2.58 bits per heavy atom. The second kappa shape index (κ2) is 9.01. The lowest BCUT2D eigenvalue weighted by Gasteiger charge is -2.12. The van der Waals surface area contributed by atoms with Crippen LogP contribution in [0.15, 0.2) is 0 Å². The quantitative estimate of drug-likeness (QED) is 0.568. The van der Waals surface area contributed by atoms with Crippen molar-refractivity contribution < 1.29 is 4.74 Å². The minimum atomic E-state index is 0.363. The Hall–Kier alpha value is -0.0800. The van der Waals surface area contributed by atoms with Gasteiger partial charge in [-0.05, 0) is 26.3 Å². The predicted octanol–water partition coefficient (Wildman–Crippen LogP) is 2.19. The summed E-state index contributed by atoms with van der Waals surface area (Å²) in [6.45, 7) is 9.46. The van der Waals surface area contributed by atoms with Crippen LogP contribution in [0.4, 0.5) is 0 Å². The Labute approximate surface area is 76.7 Å². The fourth-order valence-electron chi connectivity index (χ4n) is 0.985. The molecule has 0 saturated carbocycles. The Bertz CT molecular complexity index is 85.9. The number of hydrogen-bond acceptors (Lipinski definition) is 2. The molecule has 0 bridgehead atoms. The zero-order valence-electron chi connectivity index (χ0n) is 8.73. The van der Waals surface area contributed by atoms with E-state index in [9.17, 15) is 0 Å². The summed E-state index contributed by atoms with van der Waals surface area (Å²) in [7, 11) is 0. The molecular weight excluding hydrogens is 150 g/mol. The monoisotopic (exact) mass is 173 g/mol. The first-order valence-corrected chi connectivity index (χ1v) is 5.13.